The molecule has 0 aromatic heterocycles. The third-order valence-corrected chi connectivity index (χ3v) is 5.73. The molecule has 0 aliphatic heterocycles. The Balaban J connectivity index is 1.82. The van der Waals surface area contributed by atoms with Crippen molar-refractivity contribution >= 4 is 39.0 Å². The van der Waals surface area contributed by atoms with Crippen molar-refractivity contribution in [3.05, 3.63) is 60.2 Å². The lowest BCUT2D eigenvalue weighted by molar-refractivity contribution is 0.0466. The molecular weight excluding hydrogens is 424 g/mol. The van der Waals surface area contributed by atoms with Gasteiger partial charge in [-0.05, 0) is 61.7 Å². The van der Waals surface area contributed by atoms with E-state index in [1.165, 1.54) is 12.1 Å². The molecule has 0 unspecified atom stereocenters. The van der Waals surface area contributed by atoms with Gasteiger partial charge in [0.05, 0.1) is 10.5 Å². The molecule has 0 aliphatic rings. The van der Waals surface area contributed by atoms with Gasteiger partial charge in [0.25, 0.3) is 10.0 Å². The number of sulfonamides is 1. The Morgan fingerprint density at radius 1 is 1.03 bits per heavy atom. The van der Waals surface area contributed by atoms with Crippen molar-refractivity contribution in [2.24, 2.45) is 0 Å². The molecule has 0 bridgehead atoms. The van der Waals surface area contributed by atoms with Gasteiger partial charge < -0.3 is 15.0 Å². The summed E-state index contributed by atoms with van der Waals surface area (Å²) in [6, 6.07) is 14.4. The molecule has 162 valence electrons. The van der Waals surface area contributed by atoms with E-state index < -0.39 is 16.0 Å². The van der Waals surface area contributed by atoms with Crippen LogP contribution in [0.4, 0.5) is 5.69 Å². The highest BCUT2D eigenvalue weighted by Gasteiger charge is 2.13. The summed E-state index contributed by atoms with van der Waals surface area (Å²) in [6.45, 7) is 6.95. The Kier molecular flexibility index (Phi) is 9.18. The van der Waals surface area contributed by atoms with Gasteiger partial charge in [-0.15, -0.1) is 4.83 Å². The zero-order valence-corrected chi connectivity index (χ0v) is 18.6. The fourth-order valence-corrected chi connectivity index (χ4v) is 3.62. The van der Waals surface area contributed by atoms with E-state index in [9.17, 15) is 13.2 Å². The summed E-state index contributed by atoms with van der Waals surface area (Å²) < 4.78 is 29.6. The maximum absolute atomic E-state index is 12.2. The summed E-state index contributed by atoms with van der Waals surface area (Å²) in [5, 5.41) is 2.90. The number of nitrogens with zero attached hydrogens (tertiary/aromatic N) is 1. The van der Waals surface area contributed by atoms with E-state index in [1.807, 2.05) is 0 Å². The van der Waals surface area contributed by atoms with Crippen LogP contribution in [0.2, 0.25) is 0 Å². The summed E-state index contributed by atoms with van der Waals surface area (Å²) in [4.78, 5) is 16.6. The Bertz CT molecular complexity index is 931. The fraction of sp³-hybridized carbons (Fsp3) is 0.300. The first-order valence-electron chi connectivity index (χ1n) is 9.49. The lowest BCUT2D eigenvalue weighted by Gasteiger charge is -2.17. The Morgan fingerprint density at radius 3 is 2.27 bits per heavy atom. The highest BCUT2D eigenvalue weighted by molar-refractivity contribution is 7.89. The number of benzene rings is 2. The molecule has 2 rings (SSSR count). The van der Waals surface area contributed by atoms with Crippen LogP contribution in [-0.2, 0) is 14.8 Å². The third kappa shape index (κ3) is 7.38. The van der Waals surface area contributed by atoms with E-state index in [0.29, 0.717) is 24.4 Å². The number of ether oxygens (including phenoxy) is 1. The number of carbonyl (C=O) groups excluding carboxylic acids is 1. The van der Waals surface area contributed by atoms with Crippen LogP contribution in [0.15, 0.2) is 59.5 Å². The van der Waals surface area contributed by atoms with Crippen LogP contribution in [0.25, 0.3) is 0 Å². The third-order valence-electron chi connectivity index (χ3n) is 4.27. The number of rotatable bonds is 10. The summed E-state index contributed by atoms with van der Waals surface area (Å²) in [5.41, 5.74) is 3.45. The second kappa shape index (κ2) is 11.6. The predicted molar refractivity (Wildman–Crippen MR) is 121 cm³/mol. The van der Waals surface area contributed by atoms with Crippen molar-refractivity contribution in [1.29, 1.82) is 0 Å². The molecule has 10 heteroatoms. The largest absolute Gasteiger partial charge is 0.461 e. The predicted octanol–water partition coefficient (Wildman–Crippen LogP) is 2.37. The first kappa shape index (κ1) is 23.7. The molecule has 0 saturated carbocycles. The highest BCUT2D eigenvalue weighted by atomic mass is 32.2. The van der Waals surface area contributed by atoms with Crippen molar-refractivity contribution in [2.45, 2.75) is 18.7 Å². The van der Waals surface area contributed by atoms with E-state index in [4.69, 9.17) is 17.0 Å². The molecule has 0 radical (unpaired) electrons. The van der Waals surface area contributed by atoms with E-state index in [-0.39, 0.29) is 10.0 Å². The Morgan fingerprint density at radius 2 is 1.67 bits per heavy atom. The molecule has 30 heavy (non-hydrogen) atoms. The molecule has 0 aliphatic carbocycles. The fourth-order valence-electron chi connectivity index (χ4n) is 2.51. The van der Waals surface area contributed by atoms with Gasteiger partial charge in [-0.2, -0.15) is 0 Å². The molecule has 0 saturated heterocycles. The first-order valence-corrected chi connectivity index (χ1v) is 11.4. The lowest BCUT2D eigenvalue weighted by Crippen LogP contribution is -2.43. The Labute approximate surface area is 182 Å². The van der Waals surface area contributed by atoms with Crippen LogP contribution in [-0.4, -0.2) is 50.6 Å². The molecule has 8 nitrogen and oxygen atoms in total. The van der Waals surface area contributed by atoms with Crippen molar-refractivity contribution in [3.8, 4) is 0 Å². The van der Waals surface area contributed by atoms with E-state index in [2.05, 4.69) is 34.3 Å². The first-order chi connectivity index (χ1) is 14.4. The average Bonchev–Trinajstić information content (AvgIpc) is 2.76. The van der Waals surface area contributed by atoms with E-state index in [1.54, 1.807) is 42.5 Å². The lowest BCUT2D eigenvalue weighted by atomic mass is 10.2. The van der Waals surface area contributed by atoms with Gasteiger partial charge in [0.2, 0.25) is 0 Å². The van der Waals surface area contributed by atoms with Crippen molar-refractivity contribution in [3.63, 3.8) is 0 Å². The molecule has 0 amide bonds. The normalized spacial score (nSPS) is 11.2. The summed E-state index contributed by atoms with van der Waals surface area (Å²) in [7, 11) is -3.74. The highest BCUT2D eigenvalue weighted by Crippen LogP contribution is 2.11. The second-order valence-electron chi connectivity index (χ2n) is 6.24. The number of nitrogens with one attached hydrogen (secondary N) is 3. The number of anilines is 1. The van der Waals surface area contributed by atoms with Crippen LogP contribution >= 0.6 is 12.2 Å². The van der Waals surface area contributed by atoms with Crippen LogP contribution < -0.4 is 15.6 Å². The minimum Gasteiger partial charge on any atom is -0.461 e. The van der Waals surface area contributed by atoms with Gasteiger partial charge in [0, 0.05) is 12.2 Å². The van der Waals surface area contributed by atoms with Crippen molar-refractivity contribution < 1.29 is 17.9 Å². The molecule has 2 aromatic carbocycles. The number of likely N-dealkylation sites (N-methyl/N-ethyl adjacent to an activating group) is 1. The number of hydrazine groups is 1. The topological polar surface area (TPSA) is 99.8 Å². The van der Waals surface area contributed by atoms with E-state index in [0.717, 1.165) is 13.1 Å². The number of thiocarbonyl (C=S) groups is 1. The summed E-state index contributed by atoms with van der Waals surface area (Å²) >= 11 is 5.10. The van der Waals surface area contributed by atoms with Crippen LogP contribution in [0.5, 0.6) is 0 Å². The quantitative estimate of drug-likeness (QED) is 0.288. The second-order valence-corrected chi connectivity index (χ2v) is 8.33. The van der Waals surface area contributed by atoms with Crippen molar-refractivity contribution in [2.75, 3.05) is 31.6 Å². The maximum Gasteiger partial charge on any atom is 0.338 e. The Hall–Kier alpha value is -2.53. The molecular formula is C20H26N4O4S2. The van der Waals surface area contributed by atoms with Crippen LogP contribution in [0.3, 0.4) is 0 Å². The number of esters is 1. The molecule has 0 heterocycles. The number of hydrogen-bond acceptors (Lipinski definition) is 6. The summed E-state index contributed by atoms with van der Waals surface area (Å²) in [5.74, 6) is -0.398. The van der Waals surface area contributed by atoms with Gasteiger partial charge >= 0.3 is 5.97 Å². The SMILES string of the molecule is CCN(CC)CCOC(=O)c1ccc(NC(=S)NNS(=O)(=O)c2ccccc2)cc1. The molecule has 0 atom stereocenters. The van der Waals surface area contributed by atoms with Gasteiger partial charge in [0.1, 0.15) is 6.61 Å². The average molecular weight is 451 g/mol. The summed E-state index contributed by atoms with van der Waals surface area (Å²) in [6.07, 6.45) is 0. The van der Waals surface area contributed by atoms with Gasteiger partial charge in [-0.1, -0.05) is 32.0 Å². The zero-order chi connectivity index (χ0) is 22.0. The monoisotopic (exact) mass is 450 g/mol. The van der Waals surface area contributed by atoms with Crippen molar-refractivity contribution in [1.82, 2.24) is 15.2 Å². The minimum absolute atomic E-state index is 0.0593. The standard InChI is InChI=1S/C20H26N4O4S2/c1-3-24(4-2)14-15-28-19(25)16-10-12-17(13-11-16)21-20(29)22-23-30(26,27)18-8-6-5-7-9-18/h5-13,23H,3-4,14-15H2,1-2H3,(H2,21,22,29). The molecule has 2 aromatic rings. The minimum atomic E-state index is -3.74. The molecule has 0 fully saturated rings. The molecule has 3 N–H and O–H groups in total. The van der Waals surface area contributed by atoms with Gasteiger partial charge in [-0.3, -0.25) is 5.43 Å². The van der Waals surface area contributed by atoms with Gasteiger partial charge in [-0.25, -0.2) is 13.2 Å². The molecule has 0 spiro atoms. The van der Waals surface area contributed by atoms with E-state index >= 15 is 0 Å². The number of hydrogen-bond donors (Lipinski definition) is 3. The van der Waals surface area contributed by atoms with Gasteiger partial charge in [0.15, 0.2) is 5.11 Å². The smallest absolute Gasteiger partial charge is 0.338 e. The maximum atomic E-state index is 12.2. The number of carbonyl (C=O) groups is 1. The van der Waals surface area contributed by atoms with Crippen LogP contribution in [0, 0.1) is 0 Å². The zero-order valence-electron chi connectivity index (χ0n) is 16.9. The van der Waals surface area contributed by atoms with Crippen LogP contribution in [0.1, 0.15) is 24.2 Å².